The molecule has 0 spiro atoms. The Bertz CT molecular complexity index is 2150. The van der Waals surface area contributed by atoms with Gasteiger partial charge in [0.15, 0.2) is 0 Å². The molecule has 2 fully saturated rings. The molecule has 11 heteroatoms. The van der Waals surface area contributed by atoms with Crippen molar-refractivity contribution in [1.82, 2.24) is 19.9 Å². The van der Waals surface area contributed by atoms with Crippen LogP contribution in [0.3, 0.4) is 0 Å². The molecule has 5 heterocycles. The lowest BCUT2D eigenvalue weighted by Crippen LogP contribution is -2.51. The summed E-state index contributed by atoms with van der Waals surface area (Å²) in [7, 11) is 1.47. The number of carbonyl (C=O) groups is 1. The minimum absolute atomic E-state index is 0.320. The Hall–Kier alpha value is -6.10. The van der Waals surface area contributed by atoms with E-state index in [0.29, 0.717) is 24.3 Å². The van der Waals surface area contributed by atoms with Crippen LogP contribution in [0.4, 0.5) is 29.2 Å². The maximum atomic E-state index is 14.0. The van der Waals surface area contributed by atoms with Crippen molar-refractivity contribution in [2.75, 3.05) is 84.0 Å². The van der Waals surface area contributed by atoms with E-state index in [-0.39, 0.29) is 12.0 Å². The topological polar surface area (TPSA) is 97.0 Å². The molecule has 3 aliphatic rings. The molecule has 6 aromatic rings. The van der Waals surface area contributed by atoms with Crippen LogP contribution >= 0.6 is 0 Å². The molecule has 54 heavy (non-hydrogen) atoms. The number of benzene rings is 4. The van der Waals surface area contributed by atoms with Gasteiger partial charge in [-0.3, -0.25) is 0 Å². The zero-order chi connectivity index (χ0) is 36.6. The van der Waals surface area contributed by atoms with E-state index < -0.39 is 6.04 Å². The molecule has 0 aliphatic carbocycles. The molecule has 1 N–H and O–H groups in total. The summed E-state index contributed by atoms with van der Waals surface area (Å²) >= 11 is 0. The number of H-pyrrole nitrogens is 1. The normalized spacial score (nSPS) is 18.9. The Labute approximate surface area is 315 Å². The first kappa shape index (κ1) is 33.7. The molecule has 274 valence electrons. The number of hydrogen-bond donors (Lipinski definition) is 1. The number of aromatic nitrogens is 4. The van der Waals surface area contributed by atoms with E-state index >= 15 is 0 Å². The molecule has 11 nitrogen and oxygen atoms in total. The Morgan fingerprint density at radius 3 is 1.69 bits per heavy atom. The number of methoxy groups -OCH3 is 1. The first-order chi connectivity index (χ1) is 26.5. The highest BCUT2D eigenvalue weighted by Crippen LogP contribution is 2.43. The van der Waals surface area contributed by atoms with E-state index in [9.17, 15) is 4.79 Å². The van der Waals surface area contributed by atoms with Gasteiger partial charge in [-0.1, -0.05) is 84.4 Å². The lowest BCUT2D eigenvalue weighted by molar-refractivity contribution is -0.142. The van der Waals surface area contributed by atoms with Gasteiger partial charge in [-0.15, -0.1) is 0 Å². The van der Waals surface area contributed by atoms with Crippen molar-refractivity contribution in [3.8, 4) is 0 Å². The summed E-state index contributed by atoms with van der Waals surface area (Å²) in [6.45, 7) is 8.49. The zero-order valence-corrected chi connectivity index (χ0v) is 30.8. The van der Waals surface area contributed by atoms with Crippen LogP contribution < -0.4 is 24.5 Å². The highest BCUT2D eigenvalue weighted by molar-refractivity contribution is 5.89. The van der Waals surface area contributed by atoms with Gasteiger partial charge in [-0.2, -0.15) is 15.0 Å². The standard InChI is InChI=1S/C43H45N9O2/c1-30-17-19-31(20-18-30)39-38-35(34-15-9-10-16-36(34)44-38)29-37(40(53)54-2)52(39)43-46-41(50-25-21-48(22-26-50)32-11-5-3-6-12-32)45-42(47-43)51-27-23-49(24-28-51)33-13-7-4-8-14-33/h3-20,37,39,44H,21-29H2,1-2H3/t37-,39+/m0/s1. The summed E-state index contributed by atoms with van der Waals surface area (Å²) in [6, 6.07) is 36.9. The lowest BCUT2D eigenvalue weighted by Gasteiger charge is -2.42. The molecular weight excluding hydrogens is 675 g/mol. The van der Waals surface area contributed by atoms with Gasteiger partial charge in [0.1, 0.15) is 6.04 Å². The number of nitrogens with zero attached hydrogens (tertiary/aromatic N) is 8. The predicted molar refractivity (Wildman–Crippen MR) is 215 cm³/mol. The summed E-state index contributed by atoms with van der Waals surface area (Å²) < 4.78 is 5.56. The fourth-order valence-electron chi connectivity index (χ4n) is 8.30. The van der Waals surface area contributed by atoms with Crippen LogP contribution in [0.1, 0.15) is 28.4 Å². The maximum absolute atomic E-state index is 14.0. The number of hydrogen-bond acceptors (Lipinski definition) is 10. The number of para-hydroxylation sites is 3. The van der Waals surface area contributed by atoms with Crippen molar-refractivity contribution in [3.63, 3.8) is 0 Å². The van der Waals surface area contributed by atoms with Crippen molar-refractivity contribution in [2.45, 2.75) is 25.4 Å². The molecule has 0 radical (unpaired) electrons. The Balaban J connectivity index is 1.14. The van der Waals surface area contributed by atoms with E-state index in [0.717, 1.165) is 85.6 Å². The monoisotopic (exact) mass is 719 g/mol. The number of aromatic amines is 1. The quantitative estimate of drug-likeness (QED) is 0.198. The SMILES string of the molecule is COC(=O)[C@@H]1Cc2c([nH]c3ccccc23)[C@@H](c2ccc(C)cc2)N1c1nc(N2CCN(c3ccccc3)CC2)nc(N2CCN(c3ccccc3)CC2)n1. The fourth-order valence-corrected chi connectivity index (χ4v) is 8.30. The molecule has 0 saturated carbocycles. The molecule has 2 atom stereocenters. The van der Waals surface area contributed by atoms with Gasteiger partial charge >= 0.3 is 5.97 Å². The van der Waals surface area contributed by atoms with Crippen LogP contribution in [-0.2, 0) is 16.0 Å². The van der Waals surface area contributed by atoms with Crippen molar-refractivity contribution >= 4 is 46.1 Å². The Morgan fingerprint density at radius 2 is 1.13 bits per heavy atom. The van der Waals surface area contributed by atoms with Crippen molar-refractivity contribution < 1.29 is 9.53 Å². The molecule has 9 rings (SSSR count). The average molecular weight is 720 g/mol. The van der Waals surface area contributed by atoms with Gasteiger partial charge < -0.3 is 34.2 Å². The molecule has 0 bridgehead atoms. The Kier molecular flexibility index (Phi) is 8.98. The summed E-state index contributed by atoms with van der Waals surface area (Å²) in [5.74, 6) is 1.40. The van der Waals surface area contributed by atoms with Crippen LogP contribution in [0.5, 0.6) is 0 Å². The minimum atomic E-state index is -0.666. The second-order valence-electron chi connectivity index (χ2n) is 14.4. The fraction of sp³-hybridized carbons (Fsp3) is 0.302. The average Bonchev–Trinajstić information content (AvgIpc) is 3.62. The highest BCUT2D eigenvalue weighted by Gasteiger charge is 2.44. The van der Waals surface area contributed by atoms with Crippen LogP contribution in [0.25, 0.3) is 10.9 Å². The van der Waals surface area contributed by atoms with Crippen molar-refractivity contribution in [2.24, 2.45) is 0 Å². The second-order valence-corrected chi connectivity index (χ2v) is 14.4. The third kappa shape index (κ3) is 6.33. The smallest absolute Gasteiger partial charge is 0.328 e. The van der Waals surface area contributed by atoms with Crippen LogP contribution in [0.15, 0.2) is 109 Å². The van der Waals surface area contributed by atoms with Gasteiger partial charge in [0.2, 0.25) is 17.8 Å². The molecular formula is C43H45N9O2. The number of anilines is 5. The summed E-state index contributed by atoms with van der Waals surface area (Å²) in [5.41, 5.74) is 7.83. The van der Waals surface area contributed by atoms with Gasteiger partial charge in [0.25, 0.3) is 0 Å². The summed E-state index contributed by atoms with van der Waals surface area (Å²) in [6.07, 6.45) is 0.455. The summed E-state index contributed by atoms with van der Waals surface area (Å²) in [5, 5.41) is 1.11. The number of aryl methyl sites for hydroxylation is 1. The van der Waals surface area contributed by atoms with Crippen molar-refractivity contribution in [3.05, 3.63) is 132 Å². The molecule has 3 aliphatic heterocycles. The van der Waals surface area contributed by atoms with Crippen molar-refractivity contribution in [1.29, 1.82) is 0 Å². The number of carbonyl (C=O) groups excluding carboxylic acids is 1. The van der Waals surface area contributed by atoms with E-state index in [2.05, 4.69) is 140 Å². The molecule has 2 aromatic heterocycles. The minimum Gasteiger partial charge on any atom is -0.467 e. The molecule has 0 amide bonds. The third-order valence-electron chi connectivity index (χ3n) is 11.2. The molecule has 2 saturated heterocycles. The van der Waals surface area contributed by atoms with Gasteiger partial charge in [0, 0.05) is 86.8 Å². The predicted octanol–water partition coefficient (Wildman–Crippen LogP) is 6.01. The number of fused-ring (bicyclic) bond motifs is 3. The highest BCUT2D eigenvalue weighted by atomic mass is 16.5. The number of ether oxygens (including phenoxy) is 1. The first-order valence-corrected chi connectivity index (χ1v) is 18.9. The van der Waals surface area contributed by atoms with E-state index in [4.69, 9.17) is 19.7 Å². The van der Waals surface area contributed by atoms with E-state index in [1.54, 1.807) is 0 Å². The number of nitrogens with one attached hydrogen (secondary N) is 1. The van der Waals surface area contributed by atoms with Crippen LogP contribution in [0.2, 0.25) is 0 Å². The van der Waals surface area contributed by atoms with Crippen LogP contribution in [0, 0.1) is 6.92 Å². The largest absolute Gasteiger partial charge is 0.467 e. The number of rotatable bonds is 7. The second kappa shape index (κ2) is 14.4. The number of piperazine rings is 2. The maximum Gasteiger partial charge on any atom is 0.328 e. The van der Waals surface area contributed by atoms with Gasteiger partial charge in [-0.05, 0) is 48.4 Å². The third-order valence-corrected chi connectivity index (χ3v) is 11.2. The summed E-state index contributed by atoms with van der Waals surface area (Å²) in [4.78, 5) is 44.9. The lowest BCUT2D eigenvalue weighted by atomic mass is 9.88. The molecule has 0 unspecified atom stereocenters. The first-order valence-electron chi connectivity index (χ1n) is 18.9. The molecule has 4 aromatic carbocycles. The number of esters is 1. The van der Waals surface area contributed by atoms with Gasteiger partial charge in [0.05, 0.1) is 13.2 Å². The van der Waals surface area contributed by atoms with E-state index in [1.165, 1.54) is 18.5 Å². The zero-order valence-electron chi connectivity index (χ0n) is 30.8. The van der Waals surface area contributed by atoms with Gasteiger partial charge in [-0.25, -0.2) is 4.79 Å². The Morgan fingerprint density at radius 1 is 0.630 bits per heavy atom. The van der Waals surface area contributed by atoms with Crippen LogP contribution in [-0.4, -0.2) is 91.4 Å². The van der Waals surface area contributed by atoms with E-state index in [1.807, 2.05) is 6.07 Å².